The first-order chi connectivity index (χ1) is 10.1. The van der Waals surface area contributed by atoms with Crippen LogP contribution in [0.4, 0.5) is 5.69 Å². The van der Waals surface area contributed by atoms with E-state index in [9.17, 15) is 9.90 Å². The highest BCUT2D eigenvalue weighted by Gasteiger charge is 2.09. The first-order valence-electron chi connectivity index (χ1n) is 6.75. The van der Waals surface area contributed by atoms with Gasteiger partial charge in [-0.2, -0.15) is 0 Å². The molecule has 1 aromatic heterocycles. The topological polar surface area (TPSA) is 58.6 Å². The summed E-state index contributed by atoms with van der Waals surface area (Å²) < 4.78 is 4.66. The first-order valence-corrected chi connectivity index (χ1v) is 7.57. The van der Waals surface area contributed by atoms with Crippen LogP contribution in [0.15, 0.2) is 36.4 Å². The Morgan fingerprint density at radius 2 is 2.00 bits per heavy atom. The van der Waals surface area contributed by atoms with Gasteiger partial charge in [0.15, 0.2) is 0 Å². The molecule has 0 aliphatic heterocycles. The quantitative estimate of drug-likeness (QED) is 0.805. The molecule has 1 unspecified atom stereocenters. The minimum atomic E-state index is -0.507. The lowest BCUT2D eigenvalue weighted by molar-refractivity contribution is -0.139. The number of esters is 1. The average Bonchev–Trinajstić information content (AvgIpc) is 2.92. The Labute approximate surface area is 128 Å². The summed E-state index contributed by atoms with van der Waals surface area (Å²) >= 11 is 1.58. The Bertz CT molecular complexity index is 607. The molecular formula is C16H19NO3S. The van der Waals surface area contributed by atoms with Crippen molar-refractivity contribution in [2.24, 2.45) is 0 Å². The fraction of sp³-hybridized carbons (Fsp3) is 0.312. The van der Waals surface area contributed by atoms with Crippen LogP contribution in [-0.4, -0.2) is 18.2 Å². The summed E-state index contributed by atoms with van der Waals surface area (Å²) in [6.07, 6.45) is -0.197. The lowest BCUT2D eigenvalue weighted by Gasteiger charge is -2.13. The van der Waals surface area contributed by atoms with Crippen LogP contribution in [0.5, 0.6) is 0 Å². The number of aliphatic hydroxyl groups excluding tert-OH is 1. The van der Waals surface area contributed by atoms with Gasteiger partial charge < -0.3 is 15.2 Å². The van der Waals surface area contributed by atoms with Crippen LogP contribution in [0.2, 0.25) is 0 Å². The van der Waals surface area contributed by atoms with Gasteiger partial charge in [-0.1, -0.05) is 18.2 Å². The number of benzene rings is 1. The lowest BCUT2D eigenvalue weighted by Crippen LogP contribution is -2.03. The summed E-state index contributed by atoms with van der Waals surface area (Å²) in [5, 5.41) is 13.1. The third kappa shape index (κ3) is 4.31. The lowest BCUT2D eigenvalue weighted by atomic mass is 10.1. The van der Waals surface area contributed by atoms with Crippen molar-refractivity contribution >= 4 is 23.0 Å². The van der Waals surface area contributed by atoms with Gasteiger partial charge in [0.1, 0.15) is 0 Å². The Balaban J connectivity index is 1.99. The summed E-state index contributed by atoms with van der Waals surface area (Å²) in [6.45, 7) is 2.41. The molecule has 0 radical (unpaired) electrons. The molecular weight excluding hydrogens is 286 g/mol. The third-order valence-corrected chi connectivity index (χ3v) is 4.21. The van der Waals surface area contributed by atoms with E-state index in [1.165, 1.54) is 7.11 Å². The molecule has 0 aliphatic carbocycles. The maximum Gasteiger partial charge on any atom is 0.310 e. The van der Waals surface area contributed by atoms with E-state index in [0.29, 0.717) is 13.0 Å². The molecule has 0 amide bonds. The van der Waals surface area contributed by atoms with Gasteiger partial charge in [0.25, 0.3) is 0 Å². The van der Waals surface area contributed by atoms with Crippen LogP contribution in [0.25, 0.3) is 0 Å². The predicted molar refractivity (Wildman–Crippen MR) is 84.4 cm³/mol. The molecule has 0 saturated heterocycles. The van der Waals surface area contributed by atoms with E-state index in [2.05, 4.69) is 10.1 Å². The van der Waals surface area contributed by atoms with Crippen molar-refractivity contribution in [3.8, 4) is 0 Å². The highest BCUT2D eigenvalue weighted by molar-refractivity contribution is 7.12. The Kier molecular flexibility index (Phi) is 5.36. The maximum atomic E-state index is 11.2. The molecule has 0 fully saturated rings. The molecule has 21 heavy (non-hydrogen) atoms. The van der Waals surface area contributed by atoms with Crippen molar-refractivity contribution in [1.82, 2.24) is 0 Å². The third-order valence-electron chi connectivity index (χ3n) is 3.13. The minimum Gasteiger partial charge on any atom is -0.469 e. The van der Waals surface area contributed by atoms with Crippen LogP contribution >= 0.6 is 11.3 Å². The number of ether oxygens (including phenoxy) is 1. The molecule has 0 bridgehead atoms. The zero-order valence-electron chi connectivity index (χ0n) is 12.1. The monoisotopic (exact) mass is 305 g/mol. The average molecular weight is 305 g/mol. The number of aliphatic hydroxyl groups is 1. The number of methoxy groups -OCH3 is 1. The van der Waals surface area contributed by atoms with E-state index in [1.54, 1.807) is 18.3 Å². The number of carbonyl (C=O) groups is 1. The van der Waals surface area contributed by atoms with E-state index < -0.39 is 6.10 Å². The number of para-hydroxylation sites is 1. The number of thiophene rings is 1. The highest BCUT2D eigenvalue weighted by atomic mass is 32.1. The minimum absolute atomic E-state index is 0.226. The number of hydrogen-bond donors (Lipinski definition) is 2. The molecule has 0 spiro atoms. The van der Waals surface area contributed by atoms with Crippen LogP contribution in [0.3, 0.4) is 0 Å². The van der Waals surface area contributed by atoms with Crippen LogP contribution in [0.1, 0.15) is 28.3 Å². The van der Waals surface area contributed by atoms with Gasteiger partial charge in [-0.15, -0.1) is 11.3 Å². The molecule has 2 aromatic rings. The first kappa shape index (κ1) is 15.5. The van der Waals surface area contributed by atoms with E-state index in [-0.39, 0.29) is 5.97 Å². The molecule has 4 nitrogen and oxygen atoms in total. The zero-order chi connectivity index (χ0) is 15.2. The van der Waals surface area contributed by atoms with Gasteiger partial charge in [-0.05, 0) is 25.1 Å². The summed E-state index contributed by atoms with van der Waals surface area (Å²) in [6, 6.07) is 11.6. The highest BCUT2D eigenvalue weighted by Crippen LogP contribution is 2.24. The van der Waals surface area contributed by atoms with Gasteiger partial charge in [0, 0.05) is 27.5 Å². The Morgan fingerprint density at radius 3 is 2.71 bits per heavy atom. The Hall–Kier alpha value is -1.85. The summed E-state index contributed by atoms with van der Waals surface area (Å²) in [7, 11) is 1.39. The van der Waals surface area contributed by atoms with Crippen molar-refractivity contribution in [2.45, 2.75) is 26.0 Å². The second-order valence-corrected chi connectivity index (χ2v) is 5.99. The van der Waals surface area contributed by atoms with Gasteiger partial charge in [0.2, 0.25) is 0 Å². The molecule has 2 rings (SSSR count). The largest absolute Gasteiger partial charge is 0.469 e. The molecule has 1 heterocycles. The van der Waals surface area contributed by atoms with Crippen molar-refractivity contribution in [3.63, 3.8) is 0 Å². The number of anilines is 1. The number of nitrogens with one attached hydrogen (secondary N) is 1. The van der Waals surface area contributed by atoms with Gasteiger partial charge in [-0.25, -0.2) is 0 Å². The maximum absolute atomic E-state index is 11.2. The molecule has 2 N–H and O–H groups in total. The van der Waals surface area contributed by atoms with E-state index >= 15 is 0 Å². The molecule has 1 atom stereocenters. The van der Waals surface area contributed by atoms with Gasteiger partial charge in [0.05, 0.1) is 19.6 Å². The SMILES string of the molecule is COC(=O)Cc1ccc(CNc2ccccc2C(C)O)s1. The van der Waals surface area contributed by atoms with Crippen LogP contribution < -0.4 is 5.32 Å². The predicted octanol–water partition coefficient (Wildman–Crippen LogP) is 3.13. The van der Waals surface area contributed by atoms with E-state index in [1.807, 2.05) is 36.4 Å². The Morgan fingerprint density at radius 1 is 1.29 bits per heavy atom. The van der Waals surface area contributed by atoms with Crippen LogP contribution in [0, 0.1) is 0 Å². The number of hydrogen-bond acceptors (Lipinski definition) is 5. The second-order valence-electron chi connectivity index (χ2n) is 4.74. The van der Waals surface area contributed by atoms with Crippen molar-refractivity contribution in [2.75, 3.05) is 12.4 Å². The molecule has 1 aromatic carbocycles. The molecule has 0 aliphatic rings. The van der Waals surface area contributed by atoms with E-state index in [4.69, 9.17) is 0 Å². The summed E-state index contributed by atoms with van der Waals surface area (Å²) in [4.78, 5) is 13.4. The van der Waals surface area contributed by atoms with Gasteiger partial charge >= 0.3 is 5.97 Å². The summed E-state index contributed by atoms with van der Waals surface area (Å²) in [5.74, 6) is -0.226. The molecule has 112 valence electrons. The van der Waals surface area contributed by atoms with Gasteiger partial charge in [-0.3, -0.25) is 4.79 Å². The fourth-order valence-corrected chi connectivity index (χ4v) is 2.97. The number of rotatable bonds is 6. The van der Waals surface area contributed by atoms with Crippen molar-refractivity contribution in [3.05, 3.63) is 51.7 Å². The van der Waals surface area contributed by atoms with Crippen molar-refractivity contribution < 1.29 is 14.6 Å². The standard InChI is InChI=1S/C16H19NO3S/c1-11(18)14-5-3-4-6-15(14)17-10-13-8-7-12(21-13)9-16(19)20-2/h3-8,11,17-18H,9-10H2,1-2H3. The van der Waals surface area contributed by atoms with Crippen LogP contribution in [-0.2, 0) is 22.5 Å². The number of carbonyl (C=O) groups excluding carboxylic acids is 1. The van der Waals surface area contributed by atoms with Crippen molar-refractivity contribution in [1.29, 1.82) is 0 Å². The molecule has 0 saturated carbocycles. The second kappa shape index (κ2) is 7.24. The zero-order valence-corrected chi connectivity index (χ0v) is 12.9. The molecule has 5 heteroatoms. The summed E-state index contributed by atoms with van der Waals surface area (Å²) in [5.41, 5.74) is 1.80. The van der Waals surface area contributed by atoms with E-state index in [0.717, 1.165) is 21.0 Å². The smallest absolute Gasteiger partial charge is 0.310 e. The normalized spacial score (nSPS) is 12.0. The fourth-order valence-electron chi connectivity index (χ4n) is 2.03.